The monoisotopic (exact) mass is 463 g/mol. The maximum absolute atomic E-state index is 13.5. The van der Waals surface area contributed by atoms with Crippen molar-refractivity contribution in [1.82, 2.24) is 4.90 Å². The fourth-order valence-corrected chi connectivity index (χ4v) is 5.86. The number of phenolic OH excluding ortho intramolecular Hbond substituents is 1. The van der Waals surface area contributed by atoms with Gasteiger partial charge in [0.15, 0.2) is 40.4 Å². The van der Waals surface area contributed by atoms with Crippen LogP contribution in [0.3, 0.4) is 0 Å². The number of aliphatic hydroxyl groups is 1. The van der Waals surface area contributed by atoms with E-state index in [1.807, 2.05) is 0 Å². The SMILES string of the molecule is CN(C)[C@@H]1C(=O)C(C(N)=O)C(=O)[C@@]2(O)C(=O)C3C(=O)c4c(cc(Cl)c(N)c4O)C[C@H]3C[C@@H]12. The lowest BCUT2D eigenvalue weighted by atomic mass is 9.52. The number of amides is 1. The molecule has 10 nitrogen and oxygen atoms in total. The van der Waals surface area contributed by atoms with Crippen LogP contribution in [-0.2, 0) is 25.6 Å². The van der Waals surface area contributed by atoms with Gasteiger partial charge in [-0.25, -0.2) is 0 Å². The molecule has 170 valence electrons. The summed E-state index contributed by atoms with van der Waals surface area (Å²) in [5.74, 6) is -11.1. The van der Waals surface area contributed by atoms with Crippen molar-refractivity contribution in [2.24, 2.45) is 29.4 Å². The molecule has 3 aliphatic rings. The minimum Gasteiger partial charge on any atom is -0.505 e. The van der Waals surface area contributed by atoms with E-state index in [-0.39, 0.29) is 29.1 Å². The summed E-state index contributed by atoms with van der Waals surface area (Å²) in [6.45, 7) is 0. The number of phenols is 1. The largest absolute Gasteiger partial charge is 0.505 e. The second-order valence-electron chi connectivity index (χ2n) is 8.94. The van der Waals surface area contributed by atoms with Crippen molar-refractivity contribution in [3.05, 3.63) is 22.2 Å². The smallest absolute Gasteiger partial charge is 0.235 e. The number of rotatable bonds is 2. The van der Waals surface area contributed by atoms with E-state index in [0.717, 1.165) is 0 Å². The van der Waals surface area contributed by atoms with E-state index >= 15 is 0 Å². The number of ketones is 4. The number of hydrogen-bond donors (Lipinski definition) is 4. The van der Waals surface area contributed by atoms with Gasteiger partial charge in [0.2, 0.25) is 5.91 Å². The quantitative estimate of drug-likeness (QED) is 0.245. The van der Waals surface area contributed by atoms with Gasteiger partial charge in [-0.3, -0.25) is 28.9 Å². The predicted molar refractivity (Wildman–Crippen MR) is 111 cm³/mol. The molecule has 1 aromatic rings. The maximum Gasteiger partial charge on any atom is 0.235 e. The number of aromatic hydroxyl groups is 1. The summed E-state index contributed by atoms with van der Waals surface area (Å²) in [6.07, 6.45) is 0.117. The molecule has 1 aromatic carbocycles. The molecule has 4 rings (SSSR count). The van der Waals surface area contributed by atoms with Gasteiger partial charge < -0.3 is 21.7 Å². The maximum atomic E-state index is 13.5. The molecule has 2 saturated carbocycles. The van der Waals surface area contributed by atoms with Gasteiger partial charge in [0.05, 0.1) is 28.2 Å². The molecular formula is C21H22ClN3O7. The van der Waals surface area contributed by atoms with Gasteiger partial charge in [-0.15, -0.1) is 0 Å². The highest BCUT2D eigenvalue weighted by Crippen LogP contribution is 2.51. The van der Waals surface area contributed by atoms with Gasteiger partial charge in [-0.1, -0.05) is 11.6 Å². The predicted octanol–water partition coefficient (Wildman–Crippen LogP) is -0.897. The van der Waals surface area contributed by atoms with E-state index in [0.29, 0.717) is 5.56 Å². The van der Waals surface area contributed by atoms with Crippen LogP contribution in [0, 0.1) is 23.7 Å². The number of fused-ring (bicyclic) bond motifs is 3. The van der Waals surface area contributed by atoms with E-state index in [2.05, 4.69) is 0 Å². The lowest BCUT2D eigenvalue weighted by molar-refractivity contribution is -0.181. The second-order valence-corrected chi connectivity index (χ2v) is 9.35. The number of nitrogens with two attached hydrogens (primary N) is 2. The number of carbonyl (C=O) groups excluding carboxylic acids is 5. The zero-order chi connectivity index (χ0) is 23.9. The third kappa shape index (κ3) is 2.69. The standard InChI is InChI=1S/C21H22ClN3O7/c1-25(2)14-8-4-6-3-7-5-9(22)13(23)16(27)10(7)15(26)11(6)18(29)21(8,32)19(30)12(17(14)28)20(24)31/h5-6,8,11-12,14,27,32H,3-4,23H2,1-2H3,(H2,24,31)/t6-,8-,11?,12?,14-,21-/m0/s1. The first kappa shape index (κ1) is 22.4. The highest BCUT2D eigenvalue weighted by molar-refractivity contribution is 6.35. The summed E-state index contributed by atoms with van der Waals surface area (Å²) in [7, 11) is 3.05. The van der Waals surface area contributed by atoms with E-state index < -0.39 is 70.1 Å². The van der Waals surface area contributed by atoms with Gasteiger partial charge in [-0.05, 0) is 44.5 Å². The van der Waals surface area contributed by atoms with Crippen LogP contribution in [0.4, 0.5) is 5.69 Å². The van der Waals surface area contributed by atoms with Gasteiger partial charge >= 0.3 is 0 Å². The Bertz CT molecular complexity index is 1120. The molecule has 1 amide bonds. The van der Waals surface area contributed by atoms with Crippen molar-refractivity contribution in [3.63, 3.8) is 0 Å². The molecule has 0 radical (unpaired) electrons. The molecule has 0 spiro atoms. The topological polar surface area (TPSA) is 181 Å². The van der Waals surface area contributed by atoms with Crippen LogP contribution < -0.4 is 11.5 Å². The van der Waals surface area contributed by atoms with Gasteiger partial charge in [0.1, 0.15) is 0 Å². The zero-order valence-corrected chi connectivity index (χ0v) is 18.0. The van der Waals surface area contributed by atoms with Crippen molar-refractivity contribution in [3.8, 4) is 5.75 Å². The van der Waals surface area contributed by atoms with Crippen LogP contribution in [0.2, 0.25) is 5.02 Å². The van der Waals surface area contributed by atoms with Crippen LogP contribution in [0.1, 0.15) is 22.3 Å². The fraction of sp³-hybridized carbons (Fsp3) is 0.476. The third-order valence-electron chi connectivity index (χ3n) is 7.04. The lowest BCUT2D eigenvalue weighted by Crippen LogP contribution is -2.74. The highest BCUT2D eigenvalue weighted by Gasteiger charge is 2.69. The molecule has 0 saturated heterocycles. The number of Topliss-reactive ketones (excluding diaryl/α,β-unsaturated/α-hetero) is 4. The molecule has 32 heavy (non-hydrogen) atoms. The number of benzene rings is 1. The van der Waals surface area contributed by atoms with Gasteiger partial charge in [0.25, 0.3) is 0 Å². The van der Waals surface area contributed by atoms with Crippen LogP contribution in [0.5, 0.6) is 5.75 Å². The normalized spacial score (nSPS) is 34.2. The fourth-order valence-electron chi connectivity index (χ4n) is 5.64. The van der Waals surface area contributed by atoms with Crippen molar-refractivity contribution < 1.29 is 34.2 Å². The first-order valence-corrected chi connectivity index (χ1v) is 10.4. The van der Waals surface area contributed by atoms with Gasteiger partial charge in [0, 0.05) is 5.92 Å². The Morgan fingerprint density at radius 3 is 2.41 bits per heavy atom. The Morgan fingerprint density at radius 1 is 1.22 bits per heavy atom. The Labute approximate surface area is 187 Å². The van der Waals surface area contributed by atoms with Crippen LogP contribution in [-0.4, -0.2) is 69.9 Å². The van der Waals surface area contributed by atoms with Crippen LogP contribution >= 0.6 is 11.6 Å². The molecule has 3 aliphatic carbocycles. The van der Waals surface area contributed by atoms with Crippen LogP contribution in [0.15, 0.2) is 6.07 Å². The Balaban J connectivity index is 1.88. The van der Waals surface area contributed by atoms with E-state index in [1.54, 1.807) is 0 Å². The minimum atomic E-state index is -2.75. The molecule has 0 heterocycles. The Kier molecular flexibility index (Phi) is 4.96. The third-order valence-corrected chi connectivity index (χ3v) is 7.35. The highest BCUT2D eigenvalue weighted by atomic mass is 35.5. The van der Waals surface area contributed by atoms with E-state index in [9.17, 15) is 34.2 Å². The molecule has 6 N–H and O–H groups in total. The first-order chi connectivity index (χ1) is 14.8. The molecule has 0 aliphatic heterocycles. The van der Waals surface area contributed by atoms with E-state index in [4.69, 9.17) is 23.1 Å². The summed E-state index contributed by atoms with van der Waals surface area (Å²) < 4.78 is 0. The van der Waals surface area contributed by atoms with Crippen molar-refractivity contribution in [2.45, 2.75) is 24.5 Å². The number of anilines is 1. The summed E-state index contributed by atoms with van der Waals surface area (Å²) >= 11 is 6.04. The molecule has 6 atom stereocenters. The number of likely N-dealkylation sites (N-methyl/N-ethyl adjacent to an activating group) is 1. The average Bonchev–Trinajstić information content (AvgIpc) is 2.68. The van der Waals surface area contributed by atoms with Crippen molar-refractivity contribution in [1.29, 1.82) is 0 Å². The van der Waals surface area contributed by atoms with Crippen molar-refractivity contribution >= 4 is 46.3 Å². The number of nitrogen functional groups attached to an aromatic ring is 1. The van der Waals surface area contributed by atoms with Crippen molar-refractivity contribution in [2.75, 3.05) is 19.8 Å². The summed E-state index contributed by atoms with van der Waals surface area (Å²) in [5.41, 5.74) is 8.22. The number of hydrogen-bond acceptors (Lipinski definition) is 9. The lowest BCUT2D eigenvalue weighted by Gasteiger charge is -2.52. The summed E-state index contributed by atoms with van der Waals surface area (Å²) in [5, 5.41) is 21.9. The number of carbonyl (C=O) groups is 5. The number of primary amides is 1. The molecular weight excluding hydrogens is 442 g/mol. The first-order valence-electron chi connectivity index (χ1n) is 9.98. The average molecular weight is 464 g/mol. The molecule has 11 heteroatoms. The molecule has 0 aromatic heterocycles. The zero-order valence-electron chi connectivity index (χ0n) is 17.3. The summed E-state index contributed by atoms with van der Waals surface area (Å²) in [4.78, 5) is 66.2. The van der Waals surface area contributed by atoms with Gasteiger partial charge in [-0.2, -0.15) is 0 Å². The molecule has 2 unspecified atom stereocenters. The number of nitrogens with zero attached hydrogens (tertiary/aromatic N) is 1. The second kappa shape index (κ2) is 7.09. The van der Waals surface area contributed by atoms with Crippen LogP contribution in [0.25, 0.3) is 0 Å². The Hall–Kier alpha value is -2.82. The Morgan fingerprint density at radius 2 is 1.84 bits per heavy atom. The number of halogens is 1. The molecule has 0 bridgehead atoms. The minimum absolute atomic E-state index is 0.0212. The summed E-state index contributed by atoms with van der Waals surface area (Å²) in [6, 6.07) is 0.301. The van der Waals surface area contributed by atoms with E-state index in [1.165, 1.54) is 25.1 Å². The molecule has 2 fully saturated rings.